The number of nitrogens with zero attached hydrogens (tertiary/aromatic N) is 3. The number of anilines is 2. The Balaban J connectivity index is 1.62. The highest BCUT2D eigenvalue weighted by atomic mass is 15.2. The maximum atomic E-state index is 6.00. The molecule has 1 aliphatic heterocycles. The van der Waals surface area contributed by atoms with Crippen LogP contribution in [0.15, 0.2) is 30.3 Å². The number of aromatic nitrogens is 2. The summed E-state index contributed by atoms with van der Waals surface area (Å²) in [6, 6.07) is 11.0. The maximum Gasteiger partial charge on any atom is 0.222 e. The predicted octanol–water partition coefficient (Wildman–Crippen LogP) is 1.48. The zero-order chi connectivity index (χ0) is 15.1. The maximum absolute atomic E-state index is 6.00. The summed E-state index contributed by atoms with van der Waals surface area (Å²) in [4.78, 5) is 11.1. The van der Waals surface area contributed by atoms with E-state index in [0.717, 1.165) is 43.9 Å². The Morgan fingerprint density at radius 2 is 1.82 bits per heavy atom. The molecule has 0 spiro atoms. The minimum absolute atomic E-state index is 0.232. The first-order valence-corrected chi connectivity index (χ1v) is 7.91. The lowest BCUT2D eigenvalue weighted by atomic mass is 10.0. The van der Waals surface area contributed by atoms with Crippen LogP contribution in [0.4, 0.5) is 11.8 Å². The molecule has 0 unspecified atom stereocenters. The van der Waals surface area contributed by atoms with Crippen molar-refractivity contribution in [2.75, 3.05) is 23.7 Å². The van der Waals surface area contributed by atoms with E-state index in [1.165, 1.54) is 11.1 Å². The highest BCUT2D eigenvalue weighted by Gasteiger charge is 2.26. The van der Waals surface area contributed by atoms with E-state index in [0.29, 0.717) is 11.9 Å². The van der Waals surface area contributed by atoms with Crippen molar-refractivity contribution in [3.05, 3.63) is 47.2 Å². The molecule has 1 saturated heterocycles. The zero-order valence-electron chi connectivity index (χ0n) is 12.6. The average Bonchev–Trinajstić information content (AvgIpc) is 3.12. The minimum Gasteiger partial charge on any atom is -0.368 e. The van der Waals surface area contributed by atoms with Crippen LogP contribution in [0.5, 0.6) is 0 Å². The molecule has 4 N–H and O–H groups in total. The van der Waals surface area contributed by atoms with E-state index in [-0.39, 0.29) is 6.04 Å². The number of hydrogen-bond donors (Lipinski definition) is 2. The van der Waals surface area contributed by atoms with Gasteiger partial charge in [-0.2, -0.15) is 4.98 Å². The summed E-state index contributed by atoms with van der Waals surface area (Å²) < 4.78 is 0. The number of rotatable bonds is 2. The van der Waals surface area contributed by atoms with Gasteiger partial charge in [0, 0.05) is 31.1 Å². The quantitative estimate of drug-likeness (QED) is 0.877. The van der Waals surface area contributed by atoms with Crippen molar-refractivity contribution in [3.8, 4) is 0 Å². The zero-order valence-corrected chi connectivity index (χ0v) is 12.6. The summed E-state index contributed by atoms with van der Waals surface area (Å²) in [7, 11) is 0. The summed E-state index contributed by atoms with van der Waals surface area (Å²) in [5.74, 6) is 1.69. The molecule has 22 heavy (non-hydrogen) atoms. The molecule has 1 aliphatic carbocycles. The highest BCUT2D eigenvalue weighted by molar-refractivity contribution is 5.47. The summed E-state index contributed by atoms with van der Waals surface area (Å²) in [6.45, 7) is 1.79. The third-order valence-electron chi connectivity index (χ3n) is 4.77. The normalized spacial score (nSPS) is 21.3. The number of hydrogen-bond acceptors (Lipinski definition) is 5. The van der Waals surface area contributed by atoms with E-state index in [9.17, 15) is 0 Å². The summed E-state index contributed by atoms with van der Waals surface area (Å²) in [6.07, 6.45) is 3.07. The van der Waals surface area contributed by atoms with Gasteiger partial charge in [-0.25, -0.2) is 4.98 Å². The van der Waals surface area contributed by atoms with Crippen molar-refractivity contribution in [2.45, 2.75) is 31.2 Å². The topological polar surface area (TPSA) is 81.1 Å². The van der Waals surface area contributed by atoms with Gasteiger partial charge in [-0.1, -0.05) is 24.3 Å². The van der Waals surface area contributed by atoms with Crippen molar-refractivity contribution >= 4 is 11.8 Å². The first kappa shape index (κ1) is 13.5. The van der Waals surface area contributed by atoms with Crippen LogP contribution in [0, 0.1) is 0 Å². The Morgan fingerprint density at radius 3 is 2.45 bits per heavy atom. The van der Waals surface area contributed by atoms with Crippen LogP contribution in [0.1, 0.15) is 29.2 Å². The van der Waals surface area contributed by atoms with Crippen molar-refractivity contribution in [1.82, 2.24) is 9.97 Å². The van der Waals surface area contributed by atoms with Gasteiger partial charge in [-0.05, 0) is 30.4 Å². The molecule has 0 saturated carbocycles. The van der Waals surface area contributed by atoms with E-state index < -0.39 is 0 Å². The molecule has 4 rings (SSSR count). The monoisotopic (exact) mass is 295 g/mol. The lowest BCUT2D eigenvalue weighted by Crippen LogP contribution is -2.27. The average molecular weight is 295 g/mol. The van der Waals surface area contributed by atoms with E-state index in [2.05, 4.69) is 45.2 Å². The number of nitrogens with two attached hydrogens (primary N) is 2. The molecule has 1 aromatic heterocycles. The number of benzene rings is 1. The van der Waals surface area contributed by atoms with Gasteiger partial charge < -0.3 is 16.4 Å². The molecular weight excluding hydrogens is 274 g/mol. The largest absolute Gasteiger partial charge is 0.368 e. The highest BCUT2D eigenvalue weighted by Crippen LogP contribution is 2.34. The first-order chi connectivity index (χ1) is 10.7. The molecule has 5 nitrogen and oxygen atoms in total. The second kappa shape index (κ2) is 5.25. The van der Waals surface area contributed by atoms with Crippen LogP contribution in [0.25, 0.3) is 0 Å². The fourth-order valence-electron chi connectivity index (χ4n) is 3.61. The summed E-state index contributed by atoms with van der Waals surface area (Å²) in [5.41, 5.74) is 15.9. The van der Waals surface area contributed by atoms with E-state index in [1.807, 2.05) is 0 Å². The Kier molecular flexibility index (Phi) is 3.22. The van der Waals surface area contributed by atoms with Gasteiger partial charge in [0.2, 0.25) is 5.95 Å². The molecule has 1 aromatic carbocycles. The fraction of sp³-hybridized carbons (Fsp3) is 0.412. The van der Waals surface area contributed by atoms with Crippen LogP contribution in [0.3, 0.4) is 0 Å². The van der Waals surface area contributed by atoms with E-state index in [4.69, 9.17) is 11.5 Å². The van der Waals surface area contributed by atoms with Gasteiger partial charge in [0.15, 0.2) is 0 Å². The van der Waals surface area contributed by atoms with Gasteiger partial charge in [0.25, 0.3) is 0 Å². The van der Waals surface area contributed by atoms with Crippen molar-refractivity contribution in [2.24, 2.45) is 5.73 Å². The van der Waals surface area contributed by atoms with Crippen LogP contribution >= 0.6 is 0 Å². The molecule has 114 valence electrons. The Morgan fingerprint density at radius 1 is 1.09 bits per heavy atom. The number of fused-ring (bicyclic) bond motifs is 1. The lowest BCUT2D eigenvalue weighted by Gasteiger charge is -2.19. The molecule has 2 heterocycles. The smallest absolute Gasteiger partial charge is 0.222 e. The Bertz CT molecular complexity index is 674. The number of nitrogen functional groups attached to an aromatic ring is 1. The predicted molar refractivity (Wildman–Crippen MR) is 87.8 cm³/mol. The summed E-state index contributed by atoms with van der Waals surface area (Å²) in [5, 5.41) is 0. The van der Waals surface area contributed by atoms with Crippen LogP contribution < -0.4 is 16.4 Å². The fourth-order valence-corrected chi connectivity index (χ4v) is 3.61. The Hall–Kier alpha value is -2.14. The molecule has 0 radical (unpaired) electrons. The molecule has 5 heteroatoms. The molecule has 2 aliphatic rings. The second-order valence-corrected chi connectivity index (χ2v) is 6.38. The molecule has 1 fully saturated rings. The molecular formula is C17H21N5. The van der Waals surface area contributed by atoms with E-state index >= 15 is 0 Å². The van der Waals surface area contributed by atoms with Crippen molar-refractivity contribution in [3.63, 3.8) is 0 Å². The van der Waals surface area contributed by atoms with E-state index in [1.54, 1.807) is 0 Å². The standard InChI is InChI=1S/C17H21N5/c18-14-5-6-22(10-14)16-9-15(20-17(19)21-16)13-7-11-3-1-2-4-12(11)8-13/h1-4,9,13-14H,5-8,10,18H2,(H2,19,20,21)/t14-/m1/s1. The minimum atomic E-state index is 0.232. The van der Waals surface area contributed by atoms with Crippen LogP contribution in [-0.4, -0.2) is 29.1 Å². The van der Waals surface area contributed by atoms with Gasteiger partial charge in [-0.3, -0.25) is 0 Å². The molecule has 0 bridgehead atoms. The van der Waals surface area contributed by atoms with Gasteiger partial charge in [0.1, 0.15) is 5.82 Å². The summed E-state index contributed by atoms with van der Waals surface area (Å²) >= 11 is 0. The van der Waals surface area contributed by atoms with Gasteiger partial charge in [-0.15, -0.1) is 0 Å². The van der Waals surface area contributed by atoms with Gasteiger partial charge in [0.05, 0.1) is 5.69 Å². The van der Waals surface area contributed by atoms with Crippen LogP contribution in [0.2, 0.25) is 0 Å². The molecule has 0 amide bonds. The third-order valence-corrected chi connectivity index (χ3v) is 4.77. The Labute approximate surface area is 130 Å². The third kappa shape index (κ3) is 2.41. The SMILES string of the molecule is Nc1nc(C2Cc3ccccc3C2)cc(N2CC[C@@H](N)C2)n1. The molecule has 1 atom stereocenters. The molecule has 2 aromatic rings. The lowest BCUT2D eigenvalue weighted by molar-refractivity contribution is 0.709. The van der Waals surface area contributed by atoms with Crippen molar-refractivity contribution < 1.29 is 0 Å². The second-order valence-electron chi connectivity index (χ2n) is 6.38. The first-order valence-electron chi connectivity index (χ1n) is 7.91. The van der Waals surface area contributed by atoms with Crippen LogP contribution in [-0.2, 0) is 12.8 Å². The van der Waals surface area contributed by atoms with Crippen molar-refractivity contribution in [1.29, 1.82) is 0 Å². The van der Waals surface area contributed by atoms with Gasteiger partial charge >= 0.3 is 0 Å².